The van der Waals surface area contributed by atoms with Gasteiger partial charge in [-0.05, 0) is 29.0 Å². The molecule has 39 heavy (non-hydrogen) atoms. The van der Waals surface area contributed by atoms with Crippen LogP contribution in [0.5, 0.6) is 11.5 Å². The van der Waals surface area contributed by atoms with Gasteiger partial charge < -0.3 is 25.4 Å². The molecule has 4 rings (SSSR count). The lowest BCUT2D eigenvalue weighted by Crippen LogP contribution is -2.44. The third-order valence-electron chi connectivity index (χ3n) is 6.82. The molecule has 1 amide bonds. The minimum absolute atomic E-state index is 0.0547. The molecule has 1 atom stereocenters. The van der Waals surface area contributed by atoms with Gasteiger partial charge >= 0.3 is 5.97 Å². The van der Waals surface area contributed by atoms with Gasteiger partial charge in [-0.3, -0.25) is 9.69 Å². The summed E-state index contributed by atoms with van der Waals surface area (Å²) in [5.74, 6) is -2.57. The number of morpholine rings is 1. The van der Waals surface area contributed by atoms with Gasteiger partial charge in [0, 0.05) is 31.3 Å². The molecule has 2 aromatic carbocycles. The van der Waals surface area contributed by atoms with Crippen molar-refractivity contribution < 1.29 is 29.6 Å². The van der Waals surface area contributed by atoms with Crippen LogP contribution in [-0.4, -0.2) is 79.4 Å². The van der Waals surface area contributed by atoms with Crippen LogP contribution in [0.3, 0.4) is 0 Å². The van der Waals surface area contributed by atoms with Gasteiger partial charge in [-0.25, -0.2) is 9.48 Å². The topological polar surface area (TPSA) is 150 Å². The number of aliphatic carboxylic acids is 1. The van der Waals surface area contributed by atoms with Gasteiger partial charge in [0.15, 0.2) is 5.69 Å². The van der Waals surface area contributed by atoms with Crippen LogP contribution in [-0.2, 0) is 16.1 Å². The molecule has 1 unspecified atom stereocenters. The SMILES string of the molecule is CC(C)c1cc(-n2nnc(C(=O)NC(C(=O)O)C(C)C)c2-c2ccc(CN3CCOCC3)cc2)c(O)cc1O. The first-order valence-electron chi connectivity index (χ1n) is 13.0. The van der Waals surface area contributed by atoms with Gasteiger partial charge in [0.1, 0.15) is 28.9 Å². The van der Waals surface area contributed by atoms with Crippen molar-refractivity contribution in [2.75, 3.05) is 26.3 Å². The van der Waals surface area contributed by atoms with Crippen LogP contribution in [0.2, 0.25) is 0 Å². The van der Waals surface area contributed by atoms with E-state index in [0.717, 1.165) is 25.2 Å². The quantitative estimate of drug-likeness (QED) is 0.323. The Hall–Kier alpha value is -3.96. The maximum absolute atomic E-state index is 13.3. The minimum Gasteiger partial charge on any atom is -0.508 e. The van der Waals surface area contributed by atoms with Gasteiger partial charge in [-0.2, -0.15) is 0 Å². The first-order chi connectivity index (χ1) is 18.6. The Morgan fingerprint density at radius 2 is 1.69 bits per heavy atom. The number of phenols is 2. The van der Waals surface area contributed by atoms with Crippen molar-refractivity contribution in [1.82, 2.24) is 25.2 Å². The largest absolute Gasteiger partial charge is 0.508 e. The van der Waals surface area contributed by atoms with Crippen molar-refractivity contribution in [1.29, 1.82) is 0 Å². The van der Waals surface area contributed by atoms with Crippen molar-refractivity contribution in [3.8, 4) is 28.4 Å². The Morgan fingerprint density at radius 1 is 1.03 bits per heavy atom. The van der Waals surface area contributed by atoms with Crippen LogP contribution in [0.15, 0.2) is 36.4 Å². The Labute approximate surface area is 227 Å². The van der Waals surface area contributed by atoms with E-state index in [9.17, 15) is 24.9 Å². The van der Waals surface area contributed by atoms with E-state index in [2.05, 4.69) is 20.5 Å². The fourth-order valence-corrected chi connectivity index (χ4v) is 4.59. The second-order valence-corrected chi connectivity index (χ2v) is 10.4. The van der Waals surface area contributed by atoms with Gasteiger partial charge in [-0.1, -0.05) is 57.2 Å². The zero-order chi connectivity index (χ0) is 28.3. The van der Waals surface area contributed by atoms with Crippen molar-refractivity contribution >= 4 is 11.9 Å². The van der Waals surface area contributed by atoms with Gasteiger partial charge in [0.2, 0.25) is 0 Å². The second-order valence-electron chi connectivity index (χ2n) is 10.4. The minimum atomic E-state index is -1.16. The summed E-state index contributed by atoms with van der Waals surface area (Å²) in [5, 5.41) is 41.5. The van der Waals surface area contributed by atoms with Crippen LogP contribution in [0.25, 0.3) is 16.9 Å². The summed E-state index contributed by atoms with van der Waals surface area (Å²) in [6.45, 7) is 11.1. The lowest BCUT2D eigenvalue weighted by Gasteiger charge is -2.26. The van der Waals surface area contributed by atoms with Gasteiger partial charge in [0.05, 0.1) is 13.2 Å². The Balaban J connectivity index is 1.78. The molecule has 0 saturated carbocycles. The Bertz CT molecular complexity index is 1330. The van der Waals surface area contributed by atoms with E-state index in [4.69, 9.17) is 4.74 Å². The number of carbonyl (C=O) groups is 2. The molecule has 3 aromatic rings. The molecule has 1 saturated heterocycles. The molecule has 0 spiro atoms. The zero-order valence-corrected chi connectivity index (χ0v) is 22.6. The van der Waals surface area contributed by atoms with Crippen LogP contribution in [0.4, 0.5) is 0 Å². The number of hydrogen-bond acceptors (Lipinski definition) is 8. The van der Waals surface area contributed by atoms with Crippen LogP contribution in [0, 0.1) is 5.92 Å². The standard InChI is InChI=1S/C28H35N5O6/c1-16(2)20-13-21(23(35)14-22(20)34)33-26(25(30-31-33)27(36)29-24(17(3)4)28(37)38)19-7-5-18(6-8-19)15-32-9-11-39-12-10-32/h5-8,13-14,16-17,24,34-35H,9-12,15H2,1-4H3,(H,29,36)(H,37,38). The molecule has 1 fully saturated rings. The van der Waals surface area contributed by atoms with Gasteiger partial charge in [0.25, 0.3) is 5.91 Å². The number of carboxylic acid groups (broad SMARTS) is 1. The first-order valence-corrected chi connectivity index (χ1v) is 13.0. The molecular weight excluding hydrogens is 502 g/mol. The summed E-state index contributed by atoms with van der Waals surface area (Å²) >= 11 is 0. The molecule has 1 aromatic heterocycles. The number of benzene rings is 2. The van der Waals surface area contributed by atoms with E-state index in [-0.39, 0.29) is 40.4 Å². The predicted molar refractivity (Wildman–Crippen MR) is 144 cm³/mol. The molecule has 1 aliphatic rings. The van der Waals surface area contributed by atoms with Crippen molar-refractivity contribution in [3.05, 3.63) is 53.2 Å². The van der Waals surface area contributed by atoms with E-state index in [1.165, 1.54) is 10.7 Å². The number of hydrogen-bond donors (Lipinski definition) is 4. The number of rotatable bonds is 9. The smallest absolute Gasteiger partial charge is 0.326 e. The summed E-state index contributed by atoms with van der Waals surface area (Å²) in [6.07, 6.45) is 0. The van der Waals surface area contributed by atoms with Crippen molar-refractivity contribution in [3.63, 3.8) is 0 Å². The predicted octanol–water partition coefficient (Wildman–Crippen LogP) is 3.14. The second kappa shape index (κ2) is 11.8. The lowest BCUT2D eigenvalue weighted by atomic mass is 10.0. The third-order valence-corrected chi connectivity index (χ3v) is 6.82. The van der Waals surface area contributed by atoms with E-state index < -0.39 is 17.9 Å². The molecule has 0 bridgehead atoms. The zero-order valence-electron chi connectivity index (χ0n) is 22.6. The van der Waals surface area contributed by atoms with Crippen molar-refractivity contribution in [2.24, 2.45) is 5.92 Å². The number of amides is 1. The van der Waals surface area contributed by atoms with E-state index in [1.807, 2.05) is 38.1 Å². The number of phenolic OH excluding ortho intramolecular Hbond substituents is 2. The monoisotopic (exact) mass is 537 g/mol. The normalized spacial score (nSPS) is 15.0. The highest BCUT2D eigenvalue weighted by Gasteiger charge is 2.29. The maximum Gasteiger partial charge on any atom is 0.326 e. The highest BCUT2D eigenvalue weighted by atomic mass is 16.5. The van der Waals surface area contributed by atoms with E-state index >= 15 is 0 Å². The van der Waals surface area contributed by atoms with Crippen LogP contribution >= 0.6 is 0 Å². The average Bonchev–Trinajstić information content (AvgIpc) is 3.32. The van der Waals surface area contributed by atoms with E-state index in [0.29, 0.717) is 24.3 Å². The molecule has 0 radical (unpaired) electrons. The van der Waals surface area contributed by atoms with Crippen LogP contribution < -0.4 is 5.32 Å². The number of aromatic nitrogens is 3. The van der Waals surface area contributed by atoms with E-state index in [1.54, 1.807) is 19.9 Å². The highest BCUT2D eigenvalue weighted by Crippen LogP contribution is 2.36. The fraction of sp³-hybridized carbons (Fsp3) is 0.429. The number of carbonyl (C=O) groups excluding carboxylic acids is 1. The molecule has 4 N–H and O–H groups in total. The summed E-state index contributed by atoms with van der Waals surface area (Å²) in [5.41, 5.74) is 2.70. The van der Waals surface area contributed by atoms with Crippen molar-refractivity contribution in [2.45, 2.75) is 46.2 Å². The summed E-state index contributed by atoms with van der Waals surface area (Å²) in [6, 6.07) is 9.32. The Morgan fingerprint density at radius 3 is 2.28 bits per heavy atom. The average molecular weight is 538 g/mol. The highest BCUT2D eigenvalue weighted by molar-refractivity contribution is 6.00. The lowest BCUT2D eigenvalue weighted by molar-refractivity contribution is -0.140. The molecular formula is C28H35N5O6. The number of nitrogens with one attached hydrogen (secondary N) is 1. The molecule has 208 valence electrons. The molecule has 2 heterocycles. The maximum atomic E-state index is 13.3. The Kier molecular flexibility index (Phi) is 8.51. The molecule has 1 aliphatic heterocycles. The fourth-order valence-electron chi connectivity index (χ4n) is 4.59. The number of nitrogens with zero attached hydrogens (tertiary/aromatic N) is 4. The third kappa shape index (κ3) is 6.21. The molecule has 11 heteroatoms. The summed E-state index contributed by atoms with van der Waals surface area (Å²) < 4.78 is 6.77. The summed E-state index contributed by atoms with van der Waals surface area (Å²) in [7, 11) is 0. The number of aromatic hydroxyl groups is 2. The van der Waals surface area contributed by atoms with Gasteiger partial charge in [-0.15, -0.1) is 5.10 Å². The summed E-state index contributed by atoms with van der Waals surface area (Å²) in [4.78, 5) is 27.4. The molecule has 0 aliphatic carbocycles. The molecule has 11 nitrogen and oxygen atoms in total. The number of carboxylic acids is 1. The van der Waals surface area contributed by atoms with Crippen LogP contribution in [0.1, 0.15) is 55.2 Å². The number of ether oxygens (including phenoxy) is 1. The first kappa shape index (κ1) is 28.1.